The standard InChI is InChI=1S/C15H23BrN2O/c1-18-8-3-2-4-13(18)7-9-19-14-5-6-15(16)12(10-14)11-17/h5-6,10,13H,2-4,7-9,11,17H2,1H3. The molecule has 1 unspecified atom stereocenters. The lowest BCUT2D eigenvalue weighted by atomic mass is 10.0. The lowest BCUT2D eigenvalue weighted by molar-refractivity contribution is 0.153. The number of benzene rings is 1. The maximum Gasteiger partial charge on any atom is 0.119 e. The summed E-state index contributed by atoms with van der Waals surface area (Å²) in [6.07, 6.45) is 5.09. The van der Waals surface area contributed by atoms with Crippen LogP contribution in [0.15, 0.2) is 22.7 Å². The van der Waals surface area contributed by atoms with Gasteiger partial charge in [-0.1, -0.05) is 22.4 Å². The number of likely N-dealkylation sites (tertiary alicyclic amines) is 1. The van der Waals surface area contributed by atoms with Crippen molar-refractivity contribution in [3.63, 3.8) is 0 Å². The van der Waals surface area contributed by atoms with Gasteiger partial charge in [0.15, 0.2) is 0 Å². The fraction of sp³-hybridized carbons (Fsp3) is 0.600. The number of halogens is 1. The van der Waals surface area contributed by atoms with Gasteiger partial charge >= 0.3 is 0 Å². The van der Waals surface area contributed by atoms with E-state index in [1.165, 1.54) is 25.8 Å². The molecule has 2 N–H and O–H groups in total. The summed E-state index contributed by atoms with van der Waals surface area (Å²) in [4.78, 5) is 2.46. The Hall–Kier alpha value is -0.580. The van der Waals surface area contributed by atoms with Crippen LogP contribution in [-0.2, 0) is 6.54 Å². The third kappa shape index (κ3) is 4.20. The van der Waals surface area contributed by atoms with Crippen LogP contribution in [-0.4, -0.2) is 31.1 Å². The lowest BCUT2D eigenvalue weighted by Gasteiger charge is -2.32. The monoisotopic (exact) mass is 326 g/mol. The molecule has 0 aliphatic carbocycles. The quantitative estimate of drug-likeness (QED) is 0.903. The maximum atomic E-state index is 5.85. The molecule has 0 spiro atoms. The predicted octanol–water partition coefficient (Wildman–Crippen LogP) is 3.16. The van der Waals surface area contributed by atoms with Gasteiger partial charge in [0.2, 0.25) is 0 Å². The fourth-order valence-electron chi connectivity index (χ4n) is 2.62. The van der Waals surface area contributed by atoms with Gasteiger partial charge in [-0.25, -0.2) is 0 Å². The van der Waals surface area contributed by atoms with Gasteiger partial charge in [0.1, 0.15) is 5.75 Å². The van der Waals surface area contributed by atoms with Gasteiger partial charge in [0, 0.05) is 17.1 Å². The third-order valence-electron chi connectivity index (χ3n) is 3.88. The molecule has 3 nitrogen and oxygen atoms in total. The van der Waals surface area contributed by atoms with Crippen LogP contribution in [0.2, 0.25) is 0 Å². The molecule has 0 saturated carbocycles. The molecule has 106 valence electrons. The van der Waals surface area contributed by atoms with Crippen molar-refractivity contribution in [1.82, 2.24) is 4.90 Å². The Labute approximate surface area is 124 Å². The second-order valence-corrected chi connectivity index (χ2v) is 6.08. The van der Waals surface area contributed by atoms with Crippen molar-refractivity contribution in [3.8, 4) is 5.75 Å². The van der Waals surface area contributed by atoms with Crippen LogP contribution in [0.25, 0.3) is 0 Å². The zero-order valence-electron chi connectivity index (χ0n) is 11.6. The van der Waals surface area contributed by atoms with Gasteiger partial charge in [-0.2, -0.15) is 0 Å². The second-order valence-electron chi connectivity index (χ2n) is 5.22. The summed E-state index contributed by atoms with van der Waals surface area (Å²) >= 11 is 3.49. The highest BCUT2D eigenvalue weighted by molar-refractivity contribution is 9.10. The van der Waals surface area contributed by atoms with E-state index in [1.54, 1.807) is 0 Å². The first-order valence-electron chi connectivity index (χ1n) is 7.02. The van der Waals surface area contributed by atoms with Crippen LogP contribution in [0.1, 0.15) is 31.2 Å². The Morgan fingerprint density at radius 1 is 1.42 bits per heavy atom. The van der Waals surface area contributed by atoms with Crippen LogP contribution >= 0.6 is 15.9 Å². The number of hydrogen-bond donors (Lipinski definition) is 1. The Balaban J connectivity index is 1.82. The van der Waals surface area contributed by atoms with E-state index in [0.717, 1.165) is 28.8 Å². The molecule has 1 atom stereocenters. The molecule has 1 heterocycles. The highest BCUT2D eigenvalue weighted by Crippen LogP contribution is 2.23. The maximum absolute atomic E-state index is 5.85. The number of ether oxygens (including phenoxy) is 1. The van der Waals surface area contributed by atoms with E-state index in [9.17, 15) is 0 Å². The van der Waals surface area contributed by atoms with Crippen molar-refractivity contribution in [2.75, 3.05) is 20.2 Å². The van der Waals surface area contributed by atoms with E-state index in [2.05, 4.69) is 27.9 Å². The molecule has 0 radical (unpaired) electrons. The minimum atomic E-state index is 0.531. The molecule has 1 saturated heterocycles. The first-order valence-corrected chi connectivity index (χ1v) is 7.81. The molecule has 4 heteroatoms. The average molecular weight is 327 g/mol. The molecular formula is C15H23BrN2O. The van der Waals surface area contributed by atoms with Gasteiger partial charge in [-0.15, -0.1) is 0 Å². The zero-order valence-corrected chi connectivity index (χ0v) is 13.2. The molecular weight excluding hydrogens is 304 g/mol. The number of nitrogens with two attached hydrogens (primary N) is 1. The Kier molecular flexibility index (Phi) is 5.67. The number of hydrogen-bond acceptors (Lipinski definition) is 3. The molecule has 0 amide bonds. The van der Waals surface area contributed by atoms with Gasteiger partial charge in [0.05, 0.1) is 6.61 Å². The summed E-state index contributed by atoms with van der Waals surface area (Å²) in [7, 11) is 2.22. The van der Waals surface area contributed by atoms with Crippen molar-refractivity contribution in [2.45, 2.75) is 38.3 Å². The highest BCUT2D eigenvalue weighted by Gasteiger charge is 2.18. The largest absolute Gasteiger partial charge is 0.494 e. The number of piperidine rings is 1. The van der Waals surface area contributed by atoms with Gasteiger partial charge in [-0.05, 0) is 56.6 Å². The molecule has 0 bridgehead atoms. The SMILES string of the molecule is CN1CCCCC1CCOc1ccc(Br)c(CN)c1. The zero-order chi connectivity index (χ0) is 13.7. The summed E-state index contributed by atoms with van der Waals surface area (Å²) in [5, 5.41) is 0. The Morgan fingerprint density at radius 2 is 2.26 bits per heavy atom. The number of rotatable bonds is 5. The molecule has 1 fully saturated rings. The van der Waals surface area contributed by atoms with E-state index in [-0.39, 0.29) is 0 Å². The average Bonchev–Trinajstić information content (AvgIpc) is 2.43. The summed E-state index contributed by atoms with van der Waals surface area (Å²) in [6.45, 7) is 2.53. The van der Waals surface area contributed by atoms with E-state index < -0.39 is 0 Å². The van der Waals surface area contributed by atoms with Gasteiger partial charge in [0.25, 0.3) is 0 Å². The third-order valence-corrected chi connectivity index (χ3v) is 4.65. The summed E-state index contributed by atoms with van der Waals surface area (Å²) in [6, 6.07) is 6.70. The smallest absolute Gasteiger partial charge is 0.119 e. The van der Waals surface area contributed by atoms with Crippen LogP contribution in [0.4, 0.5) is 0 Å². The Bertz CT molecular complexity index is 411. The van der Waals surface area contributed by atoms with Gasteiger partial charge in [-0.3, -0.25) is 0 Å². The van der Waals surface area contributed by atoms with Crippen LogP contribution < -0.4 is 10.5 Å². The molecule has 1 aromatic rings. The molecule has 0 aromatic heterocycles. The second kappa shape index (κ2) is 7.27. The van der Waals surface area contributed by atoms with E-state index in [0.29, 0.717) is 12.6 Å². The van der Waals surface area contributed by atoms with Gasteiger partial charge < -0.3 is 15.4 Å². The topological polar surface area (TPSA) is 38.5 Å². The van der Waals surface area contributed by atoms with E-state index >= 15 is 0 Å². The van der Waals surface area contributed by atoms with Crippen LogP contribution in [0.3, 0.4) is 0 Å². The van der Waals surface area contributed by atoms with Crippen molar-refractivity contribution >= 4 is 15.9 Å². The molecule has 1 aliphatic rings. The summed E-state index contributed by atoms with van der Waals surface area (Å²) in [5.74, 6) is 0.919. The molecule has 1 aliphatic heterocycles. The normalized spacial score (nSPS) is 20.5. The fourth-order valence-corrected chi connectivity index (χ4v) is 3.03. The predicted molar refractivity (Wildman–Crippen MR) is 82.4 cm³/mol. The number of nitrogens with zero attached hydrogens (tertiary/aromatic N) is 1. The van der Waals surface area contributed by atoms with Crippen molar-refractivity contribution in [2.24, 2.45) is 5.73 Å². The Morgan fingerprint density at radius 3 is 3.00 bits per heavy atom. The minimum absolute atomic E-state index is 0.531. The first-order chi connectivity index (χ1) is 9.20. The van der Waals surface area contributed by atoms with Crippen molar-refractivity contribution in [3.05, 3.63) is 28.2 Å². The van der Waals surface area contributed by atoms with E-state index in [1.807, 2.05) is 18.2 Å². The lowest BCUT2D eigenvalue weighted by Crippen LogP contribution is -2.37. The first kappa shape index (κ1) is 14.8. The molecule has 1 aromatic carbocycles. The van der Waals surface area contributed by atoms with Crippen molar-refractivity contribution in [1.29, 1.82) is 0 Å². The molecule has 19 heavy (non-hydrogen) atoms. The highest BCUT2D eigenvalue weighted by atomic mass is 79.9. The minimum Gasteiger partial charge on any atom is -0.494 e. The van der Waals surface area contributed by atoms with Crippen LogP contribution in [0.5, 0.6) is 5.75 Å². The van der Waals surface area contributed by atoms with E-state index in [4.69, 9.17) is 10.5 Å². The van der Waals surface area contributed by atoms with Crippen LogP contribution in [0, 0.1) is 0 Å². The summed E-state index contributed by atoms with van der Waals surface area (Å²) < 4.78 is 6.90. The summed E-state index contributed by atoms with van der Waals surface area (Å²) in [5.41, 5.74) is 6.78. The van der Waals surface area contributed by atoms with Crippen molar-refractivity contribution < 1.29 is 4.74 Å². The molecule has 2 rings (SSSR count).